The Labute approximate surface area is 172 Å². The molecule has 0 amide bonds. The van der Waals surface area contributed by atoms with Gasteiger partial charge in [-0.2, -0.15) is 5.26 Å². The summed E-state index contributed by atoms with van der Waals surface area (Å²) in [6.45, 7) is 13.3. The van der Waals surface area contributed by atoms with Gasteiger partial charge in [0.1, 0.15) is 5.75 Å². The first-order valence-corrected chi connectivity index (χ1v) is 13.3. The Morgan fingerprint density at radius 2 is 1.86 bits per heavy atom. The molecule has 2 atom stereocenters. The largest absolute Gasteiger partial charge is 0.496 e. The molecule has 156 valence electrons. The Morgan fingerprint density at radius 3 is 2.39 bits per heavy atom. The summed E-state index contributed by atoms with van der Waals surface area (Å²) in [5, 5.41) is 9.58. The van der Waals surface area contributed by atoms with Gasteiger partial charge in [-0.05, 0) is 55.1 Å². The molecule has 1 unspecified atom stereocenters. The van der Waals surface area contributed by atoms with Crippen molar-refractivity contribution in [3.8, 4) is 11.8 Å². The molecule has 1 aromatic rings. The van der Waals surface area contributed by atoms with Crippen LogP contribution in [0.1, 0.15) is 70.1 Å². The summed E-state index contributed by atoms with van der Waals surface area (Å²) in [4.78, 5) is 0. The van der Waals surface area contributed by atoms with Crippen molar-refractivity contribution in [2.45, 2.75) is 96.2 Å². The lowest BCUT2D eigenvalue weighted by Crippen LogP contribution is -2.44. The first-order valence-electron chi connectivity index (χ1n) is 10.4. The van der Waals surface area contributed by atoms with Crippen molar-refractivity contribution in [2.24, 2.45) is 0 Å². The van der Waals surface area contributed by atoms with Crippen molar-refractivity contribution in [2.75, 3.05) is 7.11 Å². The van der Waals surface area contributed by atoms with E-state index in [9.17, 15) is 5.26 Å². The van der Waals surface area contributed by atoms with Crippen molar-refractivity contribution in [1.29, 1.82) is 5.26 Å². The molecular formula is C23H37NO3Si. The fraction of sp³-hybridized carbons (Fsp3) is 0.696. The van der Waals surface area contributed by atoms with E-state index in [4.69, 9.17) is 13.9 Å². The summed E-state index contributed by atoms with van der Waals surface area (Å²) in [7, 11) is -0.378. The number of benzene rings is 1. The van der Waals surface area contributed by atoms with Crippen LogP contribution in [0.5, 0.6) is 5.75 Å². The molecular weight excluding hydrogens is 366 g/mol. The van der Waals surface area contributed by atoms with Gasteiger partial charge >= 0.3 is 0 Å². The van der Waals surface area contributed by atoms with Crippen molar-refractivity contribution in [1.82, 2.24) is 0 Å². The number of hydrogen-bond acceptors (Lipinski definition) is 4. The van der Waals surface area contributed by atoms with Crippen molar-refractivity contribution >= 4 is 8.32 Å². The third kappa shape index (κ3) is 5.59. The molecule has 0 N–H and O–H groups in total. The molecule has 1 aliphatic carbocycles. The van der Waals surface area contributed by atoms with E-state index in [0.29, 0.717) is 6.42 Å². The minimum absolute atomic E-state index is 0.0740. The lowest BCUT2D eigenvalue weighted by atomic mass is 10.00. The predicted octanol–water partition coefficient (Wildman–Crippen LogP) is 6.31. The molecule has 0 bridgehead atoms. The molecule has 0 radical (unpaired) electrons. The van der Waals surface area contributed by atoms with E-state index in [-0.39, 0.29) is 23.4 Å². The Bertz CT molecular complexity index is 684. The van der Waals surface area contributed by atoms with Gasteiger partial charge < -0.3 is 13.9 Å². The number of aryl methyl sites for hydroxylation is 1. The highest BCUT2D eigenvalue weighted by Gasteiger charge is 2.42. The van der Waals surface area contributed by atoms with Crippen LogP contribution in [0.25, 0.3) is 0 Å². The van der Waals surface area contributed by atoms with E-state index in [2.05, 4.69) is 58.1 Å². The minimum atomic E-state index is -2.07. The van der Waals surface area contributed by atoms with Gasteiger partial charge in [0.15, 0.2) is 8.32 Å². The van der Waals surface area contributed by atoms with Crippen molar-refractivity contribution < 1.29 is 13.9 Å². The van der Waals surface area contributed by atoms with Crippen LogP contribution in [0.4, 0.5) is 0 Å². The highest BCUT2D eigenvalue weighted by Crippen LogP contribution is 2.42. The average molecular weight is 404 g/mol. The predicted molar refractivity (Wildman–Crippen MR) is 116 cm³/mol. The molecule has 0 aliphatic heterocycles. The van der Waals surface area contributed by atoms with E-state index in [1.54, 1.807) is 7.11 Å². The van der Waals surface area contributed by atoms with E-state index in [1.165, 1.54) is 12.8 Å². The standard InChI is InChI=1S/C23H37NO3Si/c1-17-12-13-18(16-21(17)25-5)22(27-28(6,7)23(2,3)4)20(14-15-24)26-19-10-8-9-11-19/h12-13,16,19-20,22H,8-11,14H2,1-7H3/t20-,22?/m0/s1. The van der Waals surface area contributed by atoms with Gasteiger partial charge in [-0.15, -0.1) is 0 Å². The van der Waals surface area contributed by atoms with E-state index >= 15 is 0 Å². The lowest BCUT2D eigenvalue weighted by molar-refractivity contribution is -0.0683. The van der Waals surface area contributed by atoms with Crippen LogP contribution in [-0.2, 0) is 9.16 Å². The molecule has 0 aromatic heterocycles. The maximum atomic E-state index is 9.51. The lowest BCUT2D eigenvalue weighted by Gasteiger charge is -2.41. The second-order valence-electron chi connectivity index (χ2n) is 9.47. The zero-order valence-corrected chi connectivity index (χ0v) is 19.7. The van der Waals surface area contributed by atoms with Crippen LogP contribution in [0.3, 0.4) is 0 Å². The van der Waals surface area contributed by atoms with Gasteiger partial charge in [0.05, 0.1) is 37.9 Å². The molecule has 0 saturated heterocycles. The molecule has 1 saturated carbocycles. The quantitative estimate of drug-likeness (QED) is 0.477. The Kier molecular flexibility index (Phi) is 7.72. The van der Waals surface area contributed by atoms with Crippen LogP contribution in [0.15, 0.2) is 18.2 Å². The molecule has 28 heavy (non-hydrogen) atoms. The maximum Gasteiger partial charge on any atom is 0.193 e. The monoisotopic (exact) mass is 403 g/mol. The summed E-state index contributed by atoms with van der Waals surface area (Å²) in [5.41, 5.74) is 2.12. The normalized spacial score (nSPS) is 17.9. The molecule has 5 heteroatoms. The smallest absolute Gasteiger partial charge is 0.193 e. The second-order valence-corrected chi connectivity index (χ2v) is 14.2. The molecule has 1 aliphatic rings. The number of rotatable bonds is 8. The van der Waals surface area contributed by atoms with Crippen LogP contribution in [0.2, 0.25) is 18.1 Å². The molecule has 4 nitrogen and oxygen atoms in total. The van der Waals surface area contributed by atoms with Crippen LogP contribution in [0, 0.1) is 18.3 Å². The van der Waals surface area contributed by atoms with Crippen molar-refractivity contribution in [3.63, 3.8) is 0 Å². The number of hydrogen-bond donors (Lipinski definition) is 0. The second kappa shape index (κ2) is 9.43. The highest BCUT2D eigenvalue weighted by atomic mass is 28.4. The third-order valence-electron chi connectivity index (χ3n) is 6.29. The van der Waals surface area contributed by atoms with Crippen LogP contribution in [-0.4, -0.2) is 27.6 Å². The van der Waals surface area contributed by atoms with Gasteiger partial charge in [0.25, 0.3) is 0 Å². The van der Waals surface area contributed by atoms with E-state index in [1.807, 2.05) is 6.92 Å². The van der Waals surface area contributed by atoms with Gasteiger partial charge in [-0.25, -0.2) is 0 Å². The maximum absolute atomic E-state index is 9.51. The molecule has 0 spiro atoms. The first-order chi connectivity index (χ1) is 13.1. The Hall–Kier alpha value is -1.35. The molecule has 1 aromatic carbocycles. The molecule has 0 heterocycles. The fourth-order valence-corrected chi connectivity index (χ4v) is 4.73. The zero-order chi connectivity index (χ0) is 20.9. The Balaban J connectivity index is 2.42. The fourth-order valence-electron chi connectivity index (χ4n) is 3.45. The van der Waals surface area contributed by atoms with Gasteiger partial charge in [-0.1, -0.05) is 45.7 Å². The van der Waals surface area contributed by atoms with Gasteiger partial charge in [0, 0.05) is 0 Å². The summed E-state index contributed by atoms with van der Waals surface area (Å²) < 4.78 is 18.9. The minimum Gasteiger partial charge on any atom is -0.496 e. The topological polar surface area (TPSA) is 51.5 Å². The van der Waals surface area contributed by atoms with Gasteiger partial charge in [0.2, 0.25) is 0 Å². The molecule has 2 rings (SSSR count). The number of nitriles is 1. The van der Waals surface area contributed by atoms with Crippen LogP contribution >= 0.6 is 0 Å². The third-order valence-corrected chi connectivity index (χ3v) is 10.7. The summed E-state index contributed by atoms with van der Waals surface area (Å²) in [6.07, 6.45) is 4.58. The summed E-state index contributed by atoms with van der Waals surface area (Å²) in [6, 6.07) is 8.55. The zero-order valence-electron chi connectivity index (χ0n) is 18.7. The summed E-state index contributed by atoms with van der Waals surface area (Å²) in [5.74, 6) is 0.845. The highest BCUT2D eigenvalue weighted by molar-refractivity contribution is 6.74. The number of ether oxygens (including phenoxy) is 2. The average Bonchev–Trinajstić information content (AvgIpc) is 3.12. The van der Waals surface area contributed by atoms with Crippen LogP contribution < -0.4 is 4.74 Å². The SMILES string of the molecule is COc1cc(C(O[Si](C)(C)C(C)(C)C)[C@H](CC#N)OC2CCCC2)ccc1C. The molecule has 1 fully saturated rings. The van der Waals surface area contributed by atoms with Gasteiger partial charge in [-0.3, -0.25) is 0 Å². The van der Waals surface area contributed by atoms with Crippen molar-refractivity contribution in [3.05, 3.63) is 29.3 Å². The first kappa shape index (κ1) is 22.9. The Morgan fingerprint density at radius 1 is 1.21 bits per heavy atom. The number of nitrogens with zero attached hydrogens (tertiary/aromatic N) is 1. The van der Waals surface area contributed by atoms with E-state index in [0.717, 1.165) is 29.7 Å². The number of methoxy groups -OCH3 is 1. The van der Waals surface area contributed by atoms with E-state index < -0.39 is 8.32 Å². The summed E-state index contributed by atoms with van der Waals surface area (Å²) >= 11 is 0.